The van der Waals surface area contributed by atoms with Crippen molar-refractivity contribution >= 4 is 12.4 Å². The summed E-state index contributed by atoms with van der Waals surface area (Å²) in [5.41, 5.74) is 1.71. The van der Waals surface area contributed by atoms with E-state index in [1.165, 1.54) is 0 Å². The lowest BCUT2D eigenvalue weighted by Crippen LogP contribution is -2.17. The quantitative estimate of drug-likeness (QED) is 0.565. The molecule has 1 unspecified atom stereocenters. The number of carbonyl (C=O) groups excluding carboxylic acids is 2. The van der Waals surface area contributed by atoms with Crippen LogP contribution in [-0.4, -0.2) is 25.2 Å². The van der Waals surface area contributed by atoms with E-state index in [1.807, 2.05) is 18.2 Å². The first-order valence-electron chi connectivity index (χ1n) is 6.46. The predicted octanol–water partition coefficient (Wildman–Crippen LogP) is 2.89. The largest absolute Gasteiger partial charge is 0.509 e. The van der Waals surface area contributed by atoms with Crippen LogP contribution >= 0.6 is 0 Å². The fourth-order valence-electron chi connectivity index (χ4n) is 1.67. The number of nitrogens with zero attached hydrogens (tertiary/aromatic N) is 1. The second kappa shape index (κ2) is 8.70. The first kappa shape index (κ1) is 15.7. The Balaban J connectivity index is 2.35. The van der Waals surface area contributed by atoms with Crippen molar-refractivity contribution in [1.29, 1.82) is 5.26 Å². The van der Waals surface area contributed by atoms with Gasteiger partial charge in [-0.15, -0.1) is 0 Å². The summed E-state index contributed by atoms with van der Waals surface area (Å²) in [6, 6.07) is 9.17. The van der Waals surface area contributed by atoms with Crippen molar-refractivity contribution in [2.24, 2.45) is 0 Å². The first-order valence-corrected chi connectivity index (χ1v) is 6.46. The van der Waals surface area contributed by atoms with Crippen molar-refractivity contribution in [1.82, 2.24) is 0 Å². The van der Waals surface area contributed by atoms with Gasteiger partial charge >= 0.3 is 6.16 Å². The van der Waals surface area contributed by atoms with Crippen LogP contribution in [0, 0.1) is 11.3 Å². The Morgan fingerprint density at radius 2 is 2.10 bits per heavy atom. The molecule has 0 fully saturated rings. The third kappa shape index (κ3) is 5.53. The maximum absolute atomic E-state index is 11.1. The second-order valence-electron chi connectivity index (χ2n) is 4.17. The zero-order valence-corrected chi connectivity index (χ0v) is 11.4. The van der Waals surface area contributed by atoms with Crippen molar-refractivity contribution < 1.29 is 19.1 Å². The normalized spacial score (nSPS) is 11.2. The van der Waals surface area contributed by atoms with Crippen LogP contribution in [0.3, 0.4) is 0 Å². The van der Waals surface area contributed by atoms with E-state index < -0.39 is 12.3 Å². The van der Waals surface area contributed by atoms with Crippen molar-refractivity contribution in [3.63, 3.8) is 0 Å². The minimum absolute atomic E-state index is 0.222. The van der Waals surface area contributed by atoms with Gasteiger partial charge in [0.15, 0.2) is 6.10 Å². The molecule has 1 aromatic rings. The Labute approximate surface area is 118 Å². The van der Waals surface area contributed by atoms with Crippen molar-refractivity contribution in [3.8, 4) is 6.07 Å². The Bertz CT molecular complexity index is 476. The molecule has 0 bridgehead atoms. The highest BCUT2D eigenvalue weighted by Gasteiger charge is 2.13. The number of hydrogen-bond acceptors (Lipinski definition) is 5. The molecular formula is C15H17NO4. The van der Waals surface area contributed by atoms with Gasteiger partial charge in [-0.25, -0.2) is 4.79 Å². The van der Waals surface area contributed by atoms with Gasteiger partial charge in [0.05, 0.1) is 6.61 Å². The fraction of sp³-hybridized carbons (Fsp3) is 0.400. The maximum atomic E-state index is 11.1. The third-order valence-corrected chi connectivity index (χ3v) is 2.69. The van der Waals surface area contributed by atoms with E-state index in [9.17, 15) is 9.59 Å². The van der Waals surface area contributed by atoms with E-state index >= 15 is 0 Å². The molecule has 0 spiro atoms. The van der Waals surface area contributed by atoms with Gasteiger partial charge in [-0.05, 0) is 31.7 Å². The molecular weight excluding hydrogens is 258 g/mol. The predicted molar refractivity (Wildman–Crippen MR) is 72.3 cm³/mol. The van der Waals surface area contributed by atoms with E-state index in [2.05, 4.69) is 4.74 Å². The van der Waals surface area contributed by atoms with Gasteiger partial charge in [-0.3, -0.25) is 4.79 Å². The van der Waals surface area contributed by atoms with Gasteiger partial charge < -0.3 is 9.47 Å². The first-order chi connectivity index (χ1) is 9.69. The number of benzene rings is 1. The second-order valence-corrected chi connectivity index (χ2v) is 4.17. The smallest absolute Gasteiger partial charge is 0.435 e. The third-order valence-electron chi connectivity index (χ3n) is 2.69. The molecule has 5 nitrogen and oxygen atoms in total. The average Bonchev–Trinajstić information content (AvgIpc) is 2.47. The van der Waals surface area contributed by atoms with E-state index in [-0.39, 0.29) is 6.61 Å². The summed E-state index contributed by atoms with van der Waals surface area (Å²) < 4.78 is 9.46. The fourth-order valence-corrected chi connectivity index (χ4v) is 1.67. The molecule has 5 heteroatoms. The highest BCUT2D eigenvalue weighted by Crippen LogP contribution is 2.10. The molecule has 0 saturated heterocycles. The SMILES string of the molecule is CCOC(=O)OC(C#N)CCCc1ccc(C=O)cc1. The van der Waals surface area contributed by atoms with Crippen molar-refractivity contribution in [2.75, 3.05) is 6.61 Å². The lowest BCUT2D eigenvalue weighted by molar-refractivity contribution is 0.0398. The molecule has 106 valence electrons. The van der Waals surface area contributed by atoms with Gasteiger partial charge in [0.2, 0.25) is 0 Å². The summed E-state index contributed by atoms with van der Waals surface area (Å²) in [5, 5.41) is 8.89. The Morgan fingerprint density at radius 1 is 1.40 bits per heavy atom. The Hall–Kier alpha value is -2.35. The minimum Gasteiger partial charge on any atom is -0.435 e. The topological polar surface area (TPSA) is 76.4 Å². The Kier molecular flexibility index (Phi) is 6.83. The molecule has 0 heterocycles. The summed E-state index contributed by atoms with van der Waals surface area (Å²) in [7, 11) is 0. The van der Waals surface area contributed by atoms with Crippen LogP contribution in [0.15, 0.2) is 24.3 Å². The summed E-state index contributed by atoms with van der Waals surface area (Å²) >= 11 is 0. The molecule has 20 heavy (non-hydrogen) atoms. The van der Waals surface area contributed by atoms with Crippen LogP contribution in [0.25, 0.3) is 0 Å². The van der Waals surface area contributed by atoms with Crippen LogP contribution < -0.4 is 0 Å². The molecule has 0 radical (unpaired) electrons. The van der Waals surface area contributed by atoms with Crippen LogP contribution in [0.5, 0.6) is 0 Å². The van der Waals surface area contributed by atoms with Crippen LogP contribution in [0.1, 0.15) is 35.7 Å². The lowest BCUT2D eigenvalue weighted by Gasteiger charge is -2.10. The zero-order chi connectivity index (χ0) is 14.8. The molecule has 0 aliphatic rings. The summed E-state index contributed by atoms with van der Waals surface area (Å²) in [5.74, 6) is 0. The highest BCUT2D eigenvalue weighted by molar-refractivity contribution is 5.74. The summed E-state index contributed by atoms with van der Waals surface area (Å²) in [6.07, 6.45) is 1.10. The summed E-state index contributed by atoms with van der Waals surface area (Å²) in [4.78, 5) is 21.6. The van der Waals surface area contributed by atoms with Crippen molar-refractivity contribution in [3.05, 3.63) is 35.4 Å². The standard InChI is InChI=1S/C15H17NO4/c1-2-19-15(18)20-14(10-16)5-3-4-12-6-8-13(11-17)9-7-12/h6-9,11,14H,2-5H2,1H3. The monoisotopic (exact) mass is 275 g/mol. The molecule has 0 aromatic heterocycles. The van der Waals surface area contributed by atoms with E-state index in [0.717, 1.165) is 18.3 Å². The summed E-state index contributed by atoms with van der Waals surface area (Å²) in [6.45, 7) is 1.89. The highest BCUT2D eigenvalue weighted by atomic mass is 16.7. The van der Waals surface area contributed by atoms with E-state index in [1.54, 1.807) is 19.1 Å². The number of hydrogen-bond donors (Lipinski definition) is 0. The number of nitriles is 1. The maximum Gasteiger partial charge on any atom is 0.509 e. The molecule has 1 rings (SSSR count). The molecule has 0 N–H and O–H groups in total. The van der Waals surface area contributed by atoms with E-state index in [4.69, 9.17) is 10.00 Å². The van der Waals surface area contributed by atoms with Gasteiger partial charge in [0, 0.05) is 5.56 Å². The molecule has 1 aromatic carbocycles. The molecule has 0 aliphatic carbocycles. The van der Waals surface area contributed by atoms with Crippen LogP contribution in [0.4, 0.5) is 4.79 Å². The number of carbonyl (C=O) groups is 2. The van der Waals surface area contributed by atoms with Gasteiger partial charge in [0.25, 0.3) is 0 Å². The zero-order valence-electron chi connectivity index (χ0n) is 11.4. The van der Waals surface area contributed by atoms with Gasteiger partial charge in [-0.1, -0.05) is 24.3 Å². The number of aldehydes is 1. The molecule has 0 amide bonds. The van der Waals surface area contributed by atoms with Gasteiger partial charge in [0.1, 0.15) is 12.4 Å². The Morgan fingerprint density at radius 3 is 2.65 bits per heavy atom. The molecule has 1 atom stereocenters. The minimum atomic E-state index is -0.811. The molecule has 0 saturated carbocycles. The lowest BCUT2D eigenvalue weighted by atomic mass is 10.0. The van der Waals surface area contributed by atoms with E-state index in [0.29, 0.717) is 18.4 Å². The van der Waals surface area contributed by atoms with Crippen LogP contribution in [0.2, 0.25) is 0 Å². The van der Waals surface area contributed by atoms with Gasteiger partial charge in [-0.2, -0.15) is 5.26 Å². The molecule has 0 aliphatic heterocycles. The van der Waals surface area contributed by atoms with Crippen LogP contribution in [-0.2, 0) is 15.9 Å². The number of rotatable bonds is 7. The number of ether oxygens (including phenoxy) is 2. The van der Waals surface area contributed by atoms with Crippen molar-refractivity contribution in [2.45, 2.75) is 32.3 Å². The number of aryl methyl sites for hydroxylation is 1. The average molecular weight is 275 g/mol.